The van der Waals surface area contributed by atoms with Crippen molar-refractivity contribution < 1.29 is 21.6 Å². The number of aryl methyl sites for hydroxylation is 2. The zero-order chi connectivity index (χ0) is 19.8. The summed E-state index contributed by atoms with van der Waals surface area (Å²) in [7, 11) is -1.95. The van der Waals surface area contributed by atoms with Crippen LogP contribution in [0.15, 0.2) is 35.4 Å². The predicted molar refractivity (Wildman–Crippen MR) is 93.4 cm³/mol. The molecule has 0 aliphatic carbocycles. The molecule has 0 spiro atoms. The van der Waals surface area contributed by atoms with Crippen LogP contribution in [0.5, 0.6) is 0 Å². The van der Waals surface area contributed by atoms with E-state index >= 15 is 0 Å². The van der Waals surface area contributed by atoms with Gasteiger partial charge in [0.1, 0.15) is 4.90 Å². The maximum absolute atomic E-state index is 12.8. The number of hydrogen-bond acceptors (Lipinski definition) is 4. The van der Waals surface area contributed by atoms with E-state index in [1.807, 2.05) is 4.90 Å². The summed E-state index contributed by atoms with van der Waals surface area (Å²) in [6.45, 7) is 3.48. The number of halogens is 3. The Hall–Kier alpha value is -1.91. The number of piperazine rings is 1. The fourth-order valence-corrected chi connectivity index (χ4v) is 4.82. The van der Waals surface area contributed by atoms with Gasteiger partial charge in [-0.05, 0) is 18.6 Å². The fourth-order valence-electron chi connectivity index (χ4n) is 3.20. The molecule has 148 valence electrons. The molecule has 2 heterocycles. The minimum atomic E-state index is -4.37. The minimum Gasteiger partial charge on any atom is -0.296 e. The van der Waals surface area contributed by atoms with E-state index < -0.39 is 21.8 Å². The minimum absolute atomic E-state index is 0.191. The van der Waals surface area contributed by atoms with Crippen LogP contribution >= 0.6 is 0 Å². The zero-order valence-corrected chi connectivity index (χ0v) is 15.9. The number of hydrogen-bond donors (Lipinski definition) is 0. The quantitative estimate of drug-likeness (QED) is 0.787. The predicted octanol–water partition coefficient (Wildman–Crippen LogP) is 2.25. The van der Waals surface area contributed by atoms with E-state index in [0.29, 0.717) is 30.9 Å². The SMILES string of the molecule is Cc1nn(C)cc1S(=O)(=O)N1CCN(Cc2cccc(C(F)(F)F)c2)CC1. The molecule has 1 aromatic heterocycles. The Morgan fingerprint density at radius 3 is 2.37 bits per heavy atom. The number of alkyl halides is 3. The molecule has 3 rings (SSSR count). The first-order valence-corrected chi connectivity index (χ1v) is 9.90. The van der Waals surface area contributed by atoms with Gasteiger partial charge >= 0.3 is 6.18 Å². The number of aromatic nitrogens is 2. The van der Waals surface area contributed by atoms with Gasteiger partial charge in [-0.2, -0.15) is 22.6 Å². The smallest absolute Gasteiger partial charge is 0.296 e. The first kappa shape index (κ1) is 19.8. The van der Waals surface area contributed by atoms with E-state index in [-0.39, 0.29) is 18.0 Å². The third-order valence-electron chi connectivity index (χ3n) is 4.58. The third-order valence-corrected chi connectivity index (χ3v) is 6.58. The summed E-state index contributed by atoms with van der Waals surface area (Å²) in [5.41, 5.74) is 0.335. The highest BCUT2D eigenvalue weighted by Crippen LogP contribution is 2.30. The molecule has 27 heavy (non-hydrogen) atoms. The second-order valence-electron chi connectivity index (χ2n) is 6.63. The van der Waals surface area contributed by atoms with Crippen LogP contribution in [0, 0.1) is 6.92 Å². The topological polar surface area (TPSA) is 58.4 Å². The lowest BCUT2D eigenvalue weighted by Crippen LogP contribution is -2.48. The maximum atomic E-state index is 12.8. The van der Waals surface area contributed by atoms with Crippen molar-refractivity contribution in [3.8, 4) is 0 Å². The highest BCUT2D eigenvalue weighted by atomic mass is 32.2. The van der Waals surface area contributed by atoms with E-state index in [9.17, 15) is 21.6 Å². The van der Waals surface area contributed by atoms with Crippen LogP contribution in [0.4, 0.5) is 13.2 Å². The third kappa shape index (κ3) is 4.33. The van der Waals surface area contributed by atoms with Crippen LogP contribution in [0.3, 0.4) is 0 Å². The molecule has 10 heteroatoms. The standard InChI is InChI=1S/C17H21F3N4O2S/c1-13-16(12-22(2)21-13)27(25,26)24-8-6-23(7-9-24)11-14-4-3-5-15(10-14)17(18,19)20/h3-5,10,12H,6-9,11H2,1-2H3. The van der Waals surface area contributed by atoms with Gasteiger partial charge in [0.25, 0.3) is 0 Å². The molecule has 0 radical (unpaired) electrons. The molecule has 1 aliphatic rings. The molecule has 0 bridgehead atoms. The lowest BCUT2D eigenvalue weighted by Gasteiger charge is -2.33. The molecule has 1 aliphatic heterocycles. The van der Waals surface area contributed by atoms with Crippen molar-refractivity contribution >= 4 is 10.0 Å². The number of benzene rings is 1. The van der Waals surface area contributed by atoms with Crippen molar-refractivity contribution in [2.75, 3.05) is 26.2 Å². The van der Waals surface area contributed by atoms with Crippen LogP contribution in [0.1, 0.15) is 16.8 Å². The summed E-state index contributed by atoms with van der Waals surface area (Å²) in [6, 6.07) is 5.23. The second kappa shape index (κ2) is 7.25. The Morgan fingerprint density at radius 2 is 1.81 bits per heavy atom. The fraction of sp³-hybridized carbons (Fsp3) is 0.471. The van der Waals surface area contributed by atoms with Crippen LogP contribution in [0.25, 0.3) is 0 Å². The monoisotopic (exact) mass is 402 g/mol. The van der Waals surface area contributed by atoms with Crippen LogP contribution < -0.4 is 0 Å². The number of nitrogens with zero attached hydrogens (tertiary/aromatic N) is 4. The molecule has 0 atom stereocenters. The van der Waals surface area contributed by atoms with Crippen molar-refractivity contribution in [3.63, 3.8) is 0 Å². The van der Waals surface area contributed by atoms with E-state index in [1.54, 1.807) is 20.0 Å². The lowest BCUT2D eigenvalue weighted by molar-refractivity contribution is -0.137. The molecule has 1 saturated heterocycles. The first-order chi connectivity index (χ1) is 12.6. The van der Waals surface area contributed by atoms with Crippen LogP contribution in [-0.2, 0) is 29.8 Å². The van der Waals surface area contributed by atoms with Gasteiger partial charge in [-0.25, -0.2) is 8.42 Å². The van der Waals surface area contributed by atoms with Gasteiger partial charge < -0.3 is 0 Å². The molecule has 0 N–H and O–H groups in total. The summed E-state index contributed by atoms with van der Waals surface area (Å²) in [5.74, 6) is 0. The van der Waals surface area contributed by atoms with Crippen molar-refractivity contribution in [1.29, 1.82) is 0 Å². The van der Waals surface area contributed by atoms with Gasteiger partial charge in [0.15, 0.2) is 0 Å². The molecule has 6 nitrogen and oxygen atoms in total. The lowest BCUT2D eigenvalue weighted by atomic mass is 10.1. The summed E-state index contributed by atoms with van der Waals surface area (Å²) in [4.78, 5) is 2.15. The summed E-state index contributed by atoms with van der Waals surface area (Å²) >= 11 is 0. The van der Waals surface area contributed by atoms with E-state index in [2.05, 4.69) is 5.10 Å². The van der Waals surface area contributed by atoms with Crippen molar-refractivity contribution in [2.45, 2.75) is 24.5 Å². The molecule has 1 aromatic carbocycles. The first-order valence-electron chi connectivity index (χ1n) is 8.46. The van der Waals surface area contributed by atoms with Crippen molar-refractivity contribution in [3.05, 3.63) is 47.3 Å². The molecular formula is C17H21F3N4O2S. The molecule has 0 unspecified atom stereocenters. The van der Waals surface area contributed by atoms with Gasteiger partial charge in [0, 0.05) is 46.0 Å². The molecule has 2 aromatic rings. The number of rotatable bonds is 4. The Bertz CT molecular complexity index is 917. The van der Waals surface area contributed by atoms with Gasteiger partial charge in [0.2, 0.25) is 10.0 Å². The van der Waals surface area contributed by atoms with Crippen molar-refractivity contribution in [1.82, 2.24) is 19.0 Å². The zero-order valence-electron chi connectivity index (χ0n) is 15.1. The highest BCUT2D eigenvalue weighted by Gasteiger charge is 2.32. The summed E-state index contributed by atoms with van der Waals surface area (Å²) < 4.78 is 66.9. The van der Waals surface area contributed by atoms with E-state index in [1.165, 1.54) is 21.3 Å². The summed E-state index contributed by atoms with van der Waals surface area (Å²) in [6.07, 6.45) is -2.88. The van der Waals surface area contributed by atoms with E-state index in [4.69, 9.17) is 0 Å². The molecule has 0 amide bonds. The Balaban J connectivity index is 1.65. The molecule has 1 fully saturated rings. The average molecular weight is 402 g/mol. The van der Waals surface area contributed by atoms with Gasteiger partial charge in [-0.1, -0.05) is 18.2 Å². The molecular weight excluding hydrogens is 381 g/mol. The molecule has 0 saturated carbocycles. The maximum Gasteiger partial charge on any atom is 0.416 e. The van der Waals surface area contributed by atoms with Crippen LogP contribution in [0.2, 0.25) is 0 Å². The van der Waals surface area contributed by atoms with Crippen LogP contribution in [-0.4, -0.2) is 53.6 Å². The Labute approximate surface area is 156 Å². The second-order valence-corrected chi connectivity index (χ2v) is 8.54. The van der Waals surface area contributed by atoms with Gasteiger partial charge in [-0.3, -0.25) is 9.58 Å². The van der Waals surface area contributed by atoms with E-state index in [0.717, 1.165) is 12.1 Å². The number of sulfonamides is 1. The van der Waals surface area contributed by atoms with Crippen molar-refractivity contribution in [2.24, 2.45) is 7.05 Å². The van der Waals surface area contributed by atoms with Gasteiger partial charge in [-0.15, -0.1) is 0 Å². The van der Waals surface area contributed by atoms with Gasteiger partial charge in [0.05, 0.1) is 11.3 Å². The largest absolute Gasteiger partial charge is 0.416 e. The Kier molecular flexibility index (Phi) is 5.33. The average Bonchev–Trinajstić information content (AvgIpc) is 2.94. The summed E-state index contributed by atoms with van der Waals surface area (Å²) in [5, 5.41) is 4.08. The highest BCUT2D eigenvalue weighted by molar-refractivity contribution is 7.89. The normalized spacial score (nSPS) is 17.4. The Morgan fingerprint density at radius 1 is 1.15 bits per heavy atom.